The van der Waals surface area contributed by atoms with Gasteiger partial charge in [0.15, 0.2) is 11.5 Å². The first-order chi connectivity index (χ1) is 6.54. The number of aromatic hydroxyl groups is 1. The van der Waals surface area contributed by atoms with Crippen molar-refractivity contribution in [2.24, 2.45) is 0 Å². The number of hydrogen-bond acceptors (Lipinski definition) is 3. The first-order valence-electron chi connectivity index (χ1n) is 4.27. The van der Waals surface area contributed by atoms with E-state index in [2.05, 4.69) is 15.9 Å². The van der Waals surface area contributed by atoms with E-state index >= 15 is 0 Å². The lowest BCUT2D eigenvalue weighted by Crippen LogP contribution is -2.07. The molecule has 0 bridgehead atoms. The van der Waals surface area contributed by atoms with Crippen molar-refractivity contribution in [2.75, 3.05) is 7.11 Å². The molecule has 14 heavy (non-hydrogen) atoms. The zero-order valence-electron chi connectivity index (χ0n) is 8.37. The summed E-state index contributed by atoms with van der Waals surface area (Å²) in [6, 6.07) is 3.09. The number of ether oxygens (including phenoxy) is 2. The lowest BCUT2D eigenvalue weighted by atomic mass is 10.3. The van der Waals surface area contributed by atoms with E-state index in [1.165, 1.54) is 13.2 Å². The molecule has 0 unspecified atom stereocenters. The van der Waals surface area contributed by atoms with Crippen molar-refractivity contribution in [1.82, 2.24) is 0 Å². The molecule has 0 amide bonds. The highest BCUT2D eigenvalue weighted by Crippen LogP contribution is 2.39. The van der Waals surface area contributed by atoms with Crippen molar-refractivity contribution >= 4 is 15.9 Å². The zero-order valence-corrected chi connectivity index (χ0v) is 9.96. The van der Waals surface area contributed by atoms with Crippen molar-refractivity contribution in [1.29, 1.82) is 0 Å². The first-order valence-corrected chi connectivity index (χ1v) is 5.07. The van der Waals surface area contributed by atoms with Crippen LogP contribution in [0.4, 0.5) is 0 Å². The highest BCUT2D eigenvalue weighted by Gasteiger charge is 2.12. The van der Waals surface area contributed by atoms with E-state index in [0.29, 0.717) is 16.0 Å². The fourth-order valence-electron chi connectivity index (χ4n) is 1.06. The average Bonchev–Trinajstić information content (AvgIpc) is 2.08. The summed E-state index contributed by atoms with van der Waals surface area (Å²) in [5.41, 5.74) is 0. The smallest absolute Gasteiger partial charge is 0.175 e. The minimum atomic E-state index is 0.0599. The van der Waals surface area contributed by atoms with Crippen LogP contribution in [0.1, 0.15) is 13.8 Å². The predicted molar refractivity (Wildman–Crippen MR) is 58.1 cm³/mol. The minimum Gasteiger partial charge on any atom is -0.508 e. The van der Waals surface area contributed by atoms with Gasteiger partial charge in [-0.05, 0) is 35.8 Å². The van der Waals surface area contributed by atoms with E-state index in [1.807, 2.05) is 13.8 Å². The molecule has 0 saturated carbocycles. The van der Waals surface area contributed by atoms with Gasteiger partial charge in [-0.15, -0.1) is 0 Å². The Kier molecular flexibility index (Phi) is 3.63. The third-order valence-electron chi connectivity index (χ3n) is 1.57. The summed E-state index contributed by atoms with van der Waals surface area (Å²) in [5, 5.41) is 9.32. The highest BCUT2D eigenvalue weighted by atomic mass is 79.9. The van der Waals surface area contributed by atoms with Gasteiger partial charge in [0, 0.05) is 6.07 Å². The van der Waals surface area contributed by atoms with Crippen LogP contribution in [-0.4, -0.2) is 18.3 Å². The quantitative estimate of drug-likeness (QED) is 0.909. The Hall–Kier alpha value is -0.900. The van der Waals surface area contributed by atoms with Crippen LogP contribution in [0.3, 0.4) is 0 Å². The fourth-order valence-corrected chi connectivity index (χ4v) is 1.58. The molecule has 1 N–H and O–H groups in total. The summed E-state index contributed by atoms with van der Waals surface area (Å²) in [6.45, 7) is 3.86. The van der Waals surface area contributed by atoms with Gasteiger partial charge in [-0.1, -0.05) is 0 Å². The topological polar surface area (TPSA) is 38.7 Å². The minimum absolute atomic E-state index is 0.0599. The van der Waals surface area contributed by atoms with Crippen molar-refractivity contribution in [3.05, 3.63) is 16.6 Å². The molecule has 1 aromatic rings. The van der Waals surface area contributed by atoms with Crippen molar-refractivity contribution < 1.29 is 14.6 Å². The summed E-state index contributed by atoms with van der Waals surface area (Å²) in [7, 11) is 1.54. The van der Waals surface area contributed by atoms with E-state index in [1.54, 1.807) is 6.07 Å². The largest absolute Gasteiger partial charge is 0.508 e. The molecule has 0 radical (unpaired) electrons. The van der Waals surface area contributed by atoms with Gasteiger partial charge >= 0.3 is 0 Å². The normalized spacial score (nSPS) is 10.4. The number of rotatable bonds is 3. The van der Waals surface area contributed by atoms with Crippen LogP contribution in [0.5, 0.6) is 17.2 Å². The van der Waals surface area contributed by atoms with Gasteiger partial charge in [-0.3, -0.25) is 0 Å². The molecule has 0 fully saturated rings. The summed E-state index contributed by atoms with van der Waals surface area (Å²) < 4.78 is 11.3. The molecular formula is C10H13BrO3. The first kappa shape index (κ1) is 11.2. The molecule has 0 aromatic heterocycles. The number of methoxy groups -OCH3 is 1. The maximum atomic E-state index is 9.32. The Morgan fingerprint density at radius 3 is 2.50 bits per heavy atom. The monoisotopic (exact) mass is 260 g/mol. The summed E-state index contributed by atoms with van der Waals surface area (Å²) in [5.74, 6) is 1.27. The Bertz CT molecular complexity index is 323. The van der Waals surface area contributed by atoms with Crippen molar-refractivity contribution in [2.45, 2.75) is 20.0 Å². The second kappa shape index (κ2) is 4.55. The van der Waals surface area contributed by atoms with Crippen molar-refractivity contribution in [3.63, 3.8) is 0 Å². The van der Waals surface area contributed by atoms with E-state index < -0.39 is 0 Å². The van der Waals surface area contributed by atoms with Gasteiger partial charge in [0.2, 0.25) is 0 Å². The molecule has 0 spiro atoms. The Balaban J connectivity index is 3.11. The van der Waals surface area contributed by atoms with Crippen molar-refractivity contribution in [3.8, 4) is 17.2 Å². The SMILES string of the molecule is COc1cc(O)cc(Br)c1OC(C)C. The molecule has 1 rings (SSSR count). The third-order valence-corrected chi connectivity index (χ3v) is 2.16. The van der Waals surface area contributed by atoms with Gasteiger partial charge in [0.25, 0.3) is 0 Å². The van der Waals surface area contributed by atoms with Crippen LogP contribution in [0.25, 0.3) is 0 Å². The number of phenolic OH excluding ortho intramolecular Hbond substituents is 1. The van der Waals surface area contributed by atoms with Crippen LogP contribution < -0.4 is 9.47 Å². The second-order valence-corrected chi connectivity index (χ2v) is 3.98. The van der Waals surface area contributed by atoms with E-state index in [9.17, 15) is 5.11 Å². The molecule has 4 heteroatoms. The Morgan fingerprint density at radius 2 is 2.00 bits per heavy atom. The summed E-state index contributed by atoms with van der Waals surface area (Å²) in [4.78, 5) is 0. The maximum absolute atomic E-state index is 9.32. The molecule has 0 heterocycles. The maximum Gasteiger partial charge on any atom is 0.175 e. The molecule has 0 saturated heterocycles. The lowest BCUT2D eigenvalue weighted by Gasteiger charge is -2.15. The molecule has 0 aliphatic carbocycles. The molecule has 0 aliphatic rings. The average molecular weight is 261 g/mol. The molecule has 1 aromatic carbocycles. The number of phenols is 1. The molecule has 0 aliphatic heterocycles. The summed E-state index contributed by atoms with van der Waals surface area (Å²) in [6.07, 6.45) is 0.0599. The van der Waals surface area contributed by atoms with Crippen LogP contribution in [0.2, 0.25) is 0 Å². The Morgan fingerprint density at radius 1 is 1.36 bits per heavy atom. The zero-order chi connectivity index (χ0) is 10.7. The molecule has 3 nitrogen and oxygen atoms in total. The molecule has 0 atom stereocenters. The third kappa shape index (κ3) is 2.54. The molecular weight excluding hydrogens is 248 g/mol. The lowest BCUT2D eigenvalue weighted by molar-refractivity contribution is 0.228. The van der Waals surface area contributed by atoms with Gasteiger partial charge in [-0.2, -0.15) is 0 Å². The Labute approximate surface area is 91.8 Å². The van der Waals surface area contributed by atoms with E-state index in [4.69, 9.17) is 9.47 Å². The van der Waals surface area contributed by atoms with Crippen LogP contribution in [0.15, 0.2) is 16.6 Å². The van der Waals surface area contributed by atoms with E-state index in [0.717, 1.165) is 0 Å². The highest BCUT2D eigenvalue weighted by molar-refractivity contribution is 9.10. The number of hydrogen-bond donors (Lipinski definition) is 1. The number of halogens is 1. The van der Waals surface area contributed by atoms with E-state index in [-0.39, 0.29) is 11.9 Å². The van der Waals surface area contributed by atoms with Gasteiger partial charge < -0.3 is 14.6 Å². The standard InChI is InChI=1S/C10H13BrO3/c1-6(2)14-10-8(11)4-7(12)5-9(10)13-3/h4-6,12H,1-3H3. The second-order valence-electron chi connectivity index (χ2n) is 3.13. The molecule has 78 valence electrons. The fraction of sp³-hybridized carbons (Fsp3) is 0.400. The summed E-state index contributed by atoms with van der Waals surface area (Å²) >= 11 is 3.30. The number of benzene rings is 1. The van der Waals surface area contributed by atoms with Crippen LogP contribution in [-0.2, 0) is 0 Å². The van der Waals surface area contributed by atoms with Gasteiger partial charge in [0.1, 0.15) is 5.75 Å². The van der Waals surface area contributed by atoms with Crippen LogP contribution in [0, 0.1) is 0 Å². The van der Waals surface area contributed by atoms with Gasteiger partial charge in [0.05, 0.1) is 17.7 Å². The van der Waals surface area contributed by atoms with Crippen LogP contribution >= 0.6 is 15.9 Å². The van der Waals surface area contributed by atoms with Gasteiger partial charge in [-0.25, -0.2) is 0 Å². The predicted octanol–water partition coefficient (Wildman–Crippen LogP) is 2.95.